The first-order chi connectivity index (χ1) is 11.4. The van der Waals surface area contributed by atoms with Gasteiger partial charge in [0.2, 0.25) is 0 Å². The number of nitrogens with one attached hydrogen (secondary N) is 2. The van der Waals surface area contributed by atoms with E-state index < -0.39 is 11.9 Å². The summed E-state index contributed by atoms with van der Waals surface area (Å²) < 4.78 is 0. The Bertz CT molecular complexity index is 727. The molecule has 24 heavy (non-hydrogen) atoms. The topological polar surface area (TPSA) is 130 Å². The molecule has 0 aliphatic heterocycles. The molecule has 0 fully saturated rings. The molecule has 1 heterocycles. The van der Waals surface area contributed by atoms with Crippen molar-refractivity contribution in [2.75, 3.05) is 11.9 Å². The molecule has 0 radical (unpaired) electrons. The number of aliphatic hydroxyl groups excluding tert-OH is 1. The Labute approximate surface area is 143 Å². The number of hydrogen-bond donors (Lipinski definition) is 5. The van der Waals surface area contributed by atoms with Crippen LogP contribution in [0.3, 0.4) is 0 Å². The number of anilines is 1. The molecule has 1 aromatic carbocycles. The lowest BCUT2D eigenvalue weighted by molar-refractivity contribution is 0.100. The van der Waals surface area contributed by atoms with Crippen LogP contribution in [0.4, 0.5) is 9.80 Å². The van der Waals surface area contributed by atoms with E-state index in [9.17, 15) is 9.59 Å². The highest BCUT2D eigenvalue weighted by Crippen LogP contribution is 2.35. The summed E-state index contributed by atoms with van der Waals surface area (Å²) in [5, 5.41) is 14.9. The number of urea groups is 1. The Morgan fingerprint density at radius 3 is 2.46 bits per heavy atom. The maximum Gasteiger partial charge on any atom is 0.317 e. The number of rotatable bonds is 7. The molecule has 7 nitrogen and oxygen atoms in total. The molecule has 2 rings (SSSR count). The molecule has 0 bridgehead atoms. The average molecular weight is 348 g/mol. The molecule has 0 spiro atoms. The van der Waals surface area contributed by atoms with E-state index in [1.807, 2.05) is 31.2 Å². The highest BCUT2D eigenvalue weighted by Gasteiger charge is 2.16. The zero-order valence-corrected chi connectivity index (χ0v) is 14.0. The molecule has 128 valence electrons. The van der Waals surface area contributed by atoms with Crippen molar-refractivity contribution in [1.29, 1.82) is 0 Å². The highest BCUT2D eigenvalue weighted by atomic mass is 32.1. The van der Waals surface area contributed by atoms with Gasteiger partial charge in [-0.05, 0) is 24.1 Å². The molecule has 1 atom stereocenters. The van der Waals surface area contributed by atoms with Crippen molar-refractivity contribution in [2.45, 2.75) is 19.5 Å². The summed E-state index contributed by atoms with van der Waals surface area (Å²) in [5.41, 5.74) is 12.6. The van der Waals surface area contributed by atoms with Gasteiger partial charge in [0.05, 0.1) is 12.2 Å². The van der Waals surface area contributed by atoms with E-state index in [4.69, 9.17) is 16.6 Å². The predicted octanol–water partition coefficient (Wildman–Crippen LogP) is 1.47. The van der Waals surface area contributed by atoms with Crippen molar-refractivity contribution in [3.05, 3.63) is 41.5 Å². The van der Waals surface area contributed by atoms with Crippen molar-refractivity contribution >= 4 is 28.3 Å². The summed E-state index contributed by atoms with van der Waals surface area (Å²) in [6, 6.07) is 8.68. The summed E-state index contributed by atoms with van der Waals surface area (Å²) in [6.07, 6.45) is 0. The van der Waals surface area contributed by atoms with E-state index in [2.05, 4.69) is 10.6 Å². The maximum absolute atomic E-state index is 11.5. The number of hydrogen-bond acceptors (Lipinski definition) is 5. The van der Waals surface area contributed by atoms with Crippen LogP contribution >= 0.6 is 11.3 Å². The summed E-state index contributed by atoms with van der Waals surface area (Å²) in [6.45, 7) is 2.63. The van der Waals surface area contributed by atoms with E-state index >= 15 is 0 Å². The molecule has 8 heteroatoms. The van der Waals surface area contributed by atoms with Crippen LogP contribution in [0.1, 0.15) is 22.8 Å². The fourth-order valence-electron chi connectivity index (χ4n) is 2.06. The Kier molecular flexibility index (Phi) is 5.91. The minimum atomic E-state index is -0.745. The minimum Gasteiger partial charge on any atom is -0.395 e. The van der Waals surface area contributed by atoms with Crippen LogP contribution in [0.5, 0.6) is 0 Å². The first kappa shape index (κ1) is 17.9. The van der Waals surface area contributed by atoms with Gasteiger partial charge in [0.1, 0.15) is 5.00 Å². The second-order valence-corrected chi connectivity index (χ2v) is 6.42. The lowest BCUT2D eigenvalue weighted by Crippen LogP contribution is -2.28. The molecule has 0 saturated carbocycles. The zero-order valence-electron chi connectivity index (χ0n) is 13.2. The number of thiophene rings is 1. The molecule has 2 aromatic rings. The van der Waals surface area contributed by atoms with E-state index in [1.165, 1.54) is 11.3 Å². The lowest BCUT2D eigenvalue weighted by Gasteiger charge is -2.10. The molecule has 1 unspecified atom stereocenters. The van der Waals surface area contributed by atoms with Gasteiger partial charge in [-0.2, -0.15) is 0 Å². The predicted molar refractivity (Wildman–Crippen MR) is 94.9 cm³/mol. The minimum absolute atomic E-state index is 0.0301. The normalized spacial score (nSPS) is 11.9. The van der Waals surface area contributed by atoms with E-state index in [0.29, 0.717) is 11.5 Å². The number of amides is 3. The molecular formula is C16H20N4O3S. The summed E-state index contributed by atoms with van der Waals surface area (Å²) in [4.78, 5) is 23.3. The number of benzene rings is 1. The molecule has 0 aliphatic carbocycles. The smallest absolute Gasteiger partial charge is 0.317 e. The number of primary amides is 2. The molecule has 7 N–H and O–H groups in total. The van der Waals surface area contributed by atoms with Crippen molar-refractivity contribution in [2.24, 2.45) is 11.5 Å². The quantitative estimate of drug-likeness (QED) is 0.518. The van der Waals surface area contributed by atoms with Crippen LogP contribution in [0.25, 0.3) is 10.4 Å². The highest BCUT2D eigenvalue weighted by molar-refractivity contribution is 7.20. The van der Waals surface area contributed by atoms with Crippen molar-refractivity contribution in [3.8, 4) is 10.4 Å². The van der Waals surface area contributed by atoms with Crippen LogP contribution in [-0.2, 0) is 6.54 Å². The van der Waals surface area contributed by atoms with Gasteiger partial charge in [-0.25, -0.2) is 4.79 Å². The average Bonchev–Trinajstić information content (AvgIpc) is 2.96. The molecule has 3 amide bonds. The Morgan fingerprint density at radius 1 is 1.25 bits per heavy atom. The van der Waals surface area contributed by atoms with Gasteiger partial charge in [0.15, 0.2) is 0 Å². The van der Waals surface area contributed by atoms with Gasteiger partial charge in [0, 0.05) is 17.5 Å². The van der Waals surface area contributed by atoms with Gasteiger partial charge < -0.3 is 21.9 Å². The van der Waals surface area contributed by atoms with Gasteiger partial charge >= 0.3 is 6.03 Å². The van der Waals surface area contributed by atoms with Crippen LogP contribution in [0.2, 0.25) is 0 Å². The second kappa shape index (κ2) is 7.91. The largest absolute Gasteiger partial charge is 0.395 e. The molecular weight excluding hydrogens is 328 g/mol. The number of aliphatic hydroxyl groups is 1. The van der Waals surface area contributed by atoms with E-state index in [1.54, 1.807) is 6.07 Å². The van der Waals surface area contributed by atoms with Crippen molar-refractivity contribution in [3.63, 3.8) is 0 Å². The van der Waals surface area contributed by atoms with Crippen molar-refractivity contribution < 1.29 is 14.7 Å². The van der Waals surface area contributed by atoms with Gasteiger partial charge in [-0.15, -0.1) is 11.3 Å². The van der Waals surface area contributed by atoms with E-state index in [-0.39, 0.29) is 18.2 Å². The molecule has 0 saturated heterocycles. The third kappa shape index (κ3) is 4.54. The zero-order chi connectivity index (χ0) is 17.7. The van der Waals surface area contributed by atoms with Gasteiger partial charge in [-0.3, -0.25) is 10.1 Å². The van der Waals surface area contributed by atoms with Crippen LogP contribution in [0.15, 0.2) is 30.3 Å². The van der Waals surface area contributed by atoms with Gasteiger partial charge in [0.25, 0.3) is 5.91 Å². The fraction of sp³-hybridized carbons (Fsp3) is 0.250. The third-order valence-corrected chi connectivity index (χ3v) is 4.50. The van der Waals surface area contributed by atoms with Crippen molar-refractivity contribution in [1.82, 2.24) is 5.32 Å². The first-order valence-corrected chi connectivity index (χ1v) is 8.16. The van der Waals surface area contributed by atoms with Crippen LogP contribution in [0, 0.1) is 0 Å². The van der Waals surface area contributed by atoms with Crippen LogP contribution in [-0.4, -0.2) is 29.7 Å². The first-order valence-electron chi connectivity index (χ1n) is 7.34. The molecule has 0 aliphatic rings. The Balaban J connectivity index is 2.19. The lowest BCUT2D eigenvalue weighted by atomic mass is 10.1. The standard InChI is InChI=1S/C16H20N4O3S/c1-9(8-21)19-7-10-2-4-11(5-3-10)13-6-12(14(17)22)15(24-13)20-16(18)23/h2-6,9,19,21H,7-8H2,1H3,(H2,17,22)(H3,18,20,23). The summed E-state index contributed by atoms with van der Waals surface area (Å²) >= 11 is 1.24. The Hall–Kier alpha value is -2.42. The second-order valence-electron chi connectivity index (χ2n) is 5.37. The summed E-state index contributed by atoms with van der Waals surface area (Å²) in [7, 11) is 0. The monoisotopic (exact) mass is 348 g/mol. The SMILES string of the molecule is CC(CO)NCc1ccc(-c2cc(C(N)=O)c(NC(N)=O)s2)cc1. The number of nitrogens with two attached hydrogens (primary N) is 2. The van der Waals surface area contributed by atoms with E-state index in [0.717, 1.165) is 16.0 Å². The van der Waals surface area contributed by atoms with Crippen LogP contribution < -0.4 is 22.1 Å². The summed E-state index contributed by atoms with van der Waals surface area (Å²) in [5.74, 6) is -0.625. The Morgan fingerprint density at radius 2 is 1.92 bits per heavy atom. The third-order valence-electron chi connectivity index (χ3n) is 3.40. The van der Waals surface area contributed by atoms with Gasteiger partial charge in [-0.1, -0.05) is 24.3 Å². The molecule has 1 aromatic heterocycles. The number of carbonyl (C=O) groups excluding carboxylic acids is 2. The number of carbonyl (C=O) groups is 2. The maximum atomic E-state index is 11.5. The fourth-order valence-corrected chi connectivity index (χ4v) is 3.14.